The predicted octanol–water partition coefficient (Wildman–Crippen LogP) is 10.6. The molecule has 9 rings (SSSR count). The molecule has 2 aliphatic heterocycles. The second-order valence-electron chi connectivity index (χ2n) is 15.3. The Morgan fingerprint density at radius 3 is 1.82 bits per heavy atom. The number of fused-ring (bicyclic) bond motifs is 2. The number of benzene rings is 3. The fourth-order valence-corrected chi connectivity index (χ4v) is 10.9. The van der Waals surface area contributed by atoms with Gasteiger partial charge in [0, 0.05) is 105 Å². The van der Waals surface area contributed by atoms with E-state index in [0.29, 0.717) is 10.5 Å². The highest BCUT2D eigenvalue weighted by atomic mass is 32.2. The summed E-state index contributed by atoms with van der Waals surface area (Å²) >= 11 is 3.94. The molecule has 0 bridgehead atoms. The van der Waals surface area contributed by atoms with Crippen molar-refractivity contribution in [2.24, 2.45) is 0 Å². The molecule has 0 amide bonds. The summed E-state index contributed by atoms with van der Waals surface area (Å²) in [6.45, 7) is 10.2. The molecule has 57 heavy (non-hydrogen) atoms. The SMILES string of the molecule is CCC1=C(C)C=Cc2c(NC3CN(c4ccc(N5CC(Nc6ccnc7nc(C)ccc67)C(Sc6ccccc6)C5)cc4)CC3Sc3ccccc3)ccnc2C1. The van der Waals surface area contributed by atoms with E-state index in [1.807, 2.05) is 42.8 Å². The minimum Gasteiger partial charge on any atom is -0.379 e. The minimum absolute atomic E-state index is 0.231. The lowest BCUT2D eigenvalue weighted by Gasteiger charge is -2.23. The van der Waals surface area contributed by atoms with E-state index in [9.17, 15) is 0 Å². The topological polar surface area (TPSA) is 69.2 Å². The number of thioether (sulfide) groups is 2. The van der Waals surface area contributed by atoms with E-state index in [1.54, 1.807) is 0 Å². The van der Waals surface area contributed by atoms with Gasteiger partial charge in [-0.2, -0.15) is 0 Å². The molecular weight excluding hydrogens is 739 g/mol. The number of nitrogens with zero attached hydrogens (tertiary/aromatic N) is 5. The Balaban J connectivity index is 0.945. The van der Waals surface area contributed by atoms with E-state index >= 15 is 0 Å². The summed E-state index contributed by atoms with van der Waals surface area (Å²) in [6.07, 6.45) is 10.3. The van der Waals surface area contributed by atoms with Crippen LogP contribution in [0.15, 0.2) is 149 Å². The maximum Gasteiger partial charge on any atom is 0.161 e. The number of aromatic nitrogens is 3. The number of nitrogens with one attached hydrogen (secondary N) is 2. The van der Waals surface area contributed by atoms with Gasteiger partial charge >= 0.3 is 0 Å². The molecule has 0 radical (unpaired) electrons. The molecule has 2 N–H and O–H groups in total. The van der Waals surface area contributed by atoms with Crippen LogP contribution in [0.1, 0.15) is 37.2 Å². The third kappa shape index (κ3) is 8.27. The van der Waals surface area contributed by atoms with Gasteiger partial charge in [0.2, 0.25) is 0 Å². The zero-order chi connectivity index (χ0) is 38.7. The van der Waals surface area contributed by atoms with Crippen molar-refractivity contribution in [3.63, 3.8) is 0 Å². The first-order valence-electron chi connectivity index (χ1n) is 20.1. The molecular formula is C48H49N7S2. The van der Waals surface area contributed by atoms with Crippen molar-refractivity contribution in [3.8, 4) is 0 Å². The average molecular weight is 788 g/mol. The van der Waals surface area contributed by atoms with Crippen LogP contribution >= 0.6 is 23.5 Å². The Hall–Kier alpha value is -5.25. The largest absolute Gasteiger partial charge is 0.379 e. The Kier molecular flexibility index (Phi) is 10.9. The summed E-state index contributed by atoms with van der Waals surface area (Å²) in [5.41, 5.74) is 11.7. The van der Waals surface area contributed by atoms with Gasteiger partial charge in [-0.15, -0.1) is 23.5 Å². The molecule has 0 spiro atoms. The summed E-state index contributed by atoms with van der Waals surface area (Å²) in [5.74, 6) is 0. The van der Waals surface area contributed by atoms with Gasteiger partial charge in [-0.05, 0) is 93.1 Å². The van der Waals surface area contributed by atoms with Crippen molar-refractivity contribution in [2.45, 2.75) is 66.0 Å². The van der Waals surface area contributed by atoms with Crippen molar-refractivity contribution in [1.29, 1.82) is 0 Å². The highest BCUT2D eigenvalue weighted by Gasteiger charge is 2.36. The van der Waals surface area contributed by atoms with Gasteiger partial charge in [0.25, 0.3) is 0 Å². The fraction of sp³-hybridized carbons (Fsp3) is 0.271. The van der Waals surface area contributed by atoms with Crippen LogP contribution in [0.4, 0.5) is 22.7 Å². The van der Waals surface area contributed by atoms with E-state index in [0.717, 1.165) is 67.1 Å². The second-order valence-corrected chi connectivity index (χ2v) is 17.9. The maximum absolute atomic E-state index is 4.85. The number of anilines is 4. The van der Waals surface area contributed by atoms with Gasteiger partial charge in [-0.3, -0.25) is 4.98 Å². The first-order valence-corrected chi connectivity index (χ1v) is 21.9. The van der Waals surface area contributed by atoms with Gasteiger partial charge < -0.3 is 20.4 Å². The van der Waals surface area contributed by atoms with Crippen molar-refractivity contribution in [1.82, 2.24) is 15.0 Å². The normalized spacial score (nSPS) is 20.5. The molecule has 1 aliphatic carbocycles. The summed E-state index contributed by atoms with van der Waals surface area (Å²) < 4.78 is 0. The zero-order valence-corrected chi connectivity index (χ0v) is 34.4. The molecule has 4 atom stereocenters. The lowest BCUT2D eigenvalue weighted by molar-refractivity contribution is 0.818. The van der Waals surface area contributed by atoms with Crippen LogP contribution < -0.4 is 20.4 Å². The molecule has 3 aromatic heterocycles. The molecule has 3 aliphatic rings. The number of allylic oxidation sites excluding steroid dienone is 3. The van der Waals surface area contributed by atoms with E-state index < -0.39 is 0 Å². The minimum atomic E-state index is 0.231. The Morgan fingerprint density at radius 1 is 0.632 bits per heavy atom. The Bertz CT molecular complexity index is 2400. The first kappa shape index (κ1) is 37.3. The molecule has 6 aromatic rings. The Morgan fingerprint density at radius 2 is 1.21 bits per heavy atom. The highest BCUT2D eigenvalue weighted by Crippen LogP contribution is 2.38. The second kappa shape index (κ2) is 16.7. The van der Waals surface area contributed by atoms with E-state index in [2.05, 4.69) is 161 Å². The van der Waals surface area contributed by atoms with Crippen LogP contribution in [0, 0.1) is 6.92 Å². The van der Waals surface area contributed by atoms with Crippen molar-refractivity contribution >= 4 is 63.4 Å². The molecule has 288 valence electrons. The molecule has 3 aromatic carbocycles. The van der Waals surface area contributed by atoms with Gasteiger partial charge in [-0.1, -0.05) is 66.6 Å². The van der Waals surface area contributed by atoms with Gasteiger partial charge in [0.1, 0.15) is 0 Å². The maximum atomic E-state index is 4.85. The number of hydrogen-bond donors (Lipinski definition) is 2. The highest BCUT2D eigenvalue weighted by molar-refractivity contribution is 8.00. The van der Waals surface area contributed by atoms with Crippen LogP contribution in [-0.2, 0) is 6.42 Å². The molecule has 0 saturated carbocycles. The lowest BCUT2D eigenvalue weighted by atomic mass is 10.0. The summed E-state index contributed by atoms with van der Waals surface area (Å²) in [7, 11) is 0. The molecule has 2 fully saturated rings. The van der Waals surface area contributed by atoms with Crippen molar-refractivity contribution in [2.75, 3.05) is 46.6 Å². The van der Waals surface area contributed by atoms with Crippen molar-refractivity contribution < 1.29 is 0 Å². The predicted molar refractivity (Wildman–Crippen MR) is 242 cm³/mol. The molecule has 5 heterocycles. The summed E-state index contributed by atoms with van der Waals surface area (Å²) in [4.78, 5) is 21.8. The smallest absolute Gasteiger partial charge is 0.161 e. The van der Waals surface area contributed by atoms with E-state index in [4.69, 9.17) is 9.97 Å². The molecule has 2 saturated heterocycles. The fourth-order valence-electron chi connectivity index (χ4n) is 8.40. The summed E-state index contributed by atoms with van der Waals surface area (Å²) in [5, 5.41) is 9.75. The standard InChI is InChI=1S/C48H49N7S2/c1-4-34-27-43-39(21-15-32(34)2)41(23-25-49-43)52-44-28-54(30-46(44)56-37-11-7-5-8-12-37)35-17-19-36(20-18-35)55-29-45(47(31-55)57-38-13-9-6-10-14-38)53-42-24-26-50-48-40(42)22-16-33(3)51-48/h5-26,44-47H,4,27-31H2,1-3H3,(H,49,52)(H,50,51,53). The number of aryl methyl sites for hydroxylation is 1. The number of rotatable bonds is 11. The van der Waals surface area contributed by atoms with Crippen LogP contribution in [-0.4, -0.2) is 63.7 Å². The molecule has 9 heteroatoms. The van der Waals surface area contributed by atoms with Crippen LogP contribution in [0.5, 0.6) is 0 Å². The third-order valence-corrected chi connectivity index (χ3v) is 14.2. The Labute approximate surface area is 345 Å². The summed E-state index contributed by atoms with van der Waals surface area (Å²) in [6, 6.07) is 39.9. The molecule has 7 nitrogen and oxygen atoms in total. The van der Waals surface area contributed by atoms with Gasteiger partial charge in [0.05, 0.1) is 17.8 Å². The van der Waals surface area contributed by atoms with Gasteiger partial charge in [0.15, 0.2) is 5.65 Å². The quantitative estimate of drug-likeness (QED) is 0.134. The van der Waals surface area contributed by atoms with E-state index in [-0.39, 0.29) is 12.1 Å². The number of pyridine rings is 3. The average Bonchev–Trinajstić information content (AvgIpc) is 3.77. The first-order chi connectivity index (χ1) is 28.0. The van der Waals surface area contributed by atoms with Crippen LogP contribution in [0.2, 0.25) is 0 Å². The van der Waals surface area contributed by atoms with Crippen LogP contribution in [0.3, 0.4) is 0 Å². The molecule has 4 unspecified atom stereocenters. The zero-order valence-electron chi connectivity index (χ0n) is 32.8. The number of hydrogen-bond acceptors (Lipinski definition) is 9. The lowest BCUT2D eigenvalue weighted by Crippen LogP contribution is -2.31. The van der Waals surface area contributed by atoms with Crippen molar-refractivity contribution in [3.05, 3.63) is 156 Å². The van der Waals surface area contributed by atoms with E-state index in [1.165, 1.54) is 43.6 Å². The third-order valence-electron chi connectivity index (χ3n) is 11.5. The van der Waals surface area contributed by atoms with Gasteiger partial charge in [-0.25, -0.2) is 9.97 Å². The van der Waals surface area contributed by atoms with Crippen LogP contribution in [0.25, 0.3) is 17.1 Å². The monoisotopic (exact) mass is 787 g/mol.